The number of aromatic carboxylic acids is 1. The number of hydrogen-bond donors (Lipinski definition) is 2. The third-order valence-corrected chi connectivity index (χ3v) is 3.19. The number of aromatic amines is 1. The average Bonchev–Trinajstić information content (AvgIpc) is 2.50. The average molecular weight is 264 g/mol. The first-order chi connectivity index (χ1) is 7.02. The molecule has 0 fully saturated rings. The fraction of sp³-hybridized carbons (Fsp3) is 0. The second-order valence-electron chi connectivity index (χ2n) is 2.90. The molecule has 0 aliphatic heterocycles. The number of carbonyl (C=O) groups is 1. The number of rotatable bonds is 1. The molecule has 2 N–H and O–H groups in total. The fourth-order valence-corrected chi connectivity index (χ4v) is 2.12. The lowest BCUT2D eigenvalue weighted by Crippen LogP contribution is -1.96. The minimum Gasteiger partial charge on any atom is -0.477 e. The summed E-state index contributed by atoms with van der Waals surface area (Å²) in [6.45, 7) is 0. The summed E-state index contributed by atoms with van der Waals surface area (Å²) in [4.78, 5) is 13.5. The van der Waals surface area contributed by atoms with Crippen molar-refractivity contribution in [3.8, 4) is 0 Å². The highest BCUT2D eigenvalue weighted by atomic mass is 35.5. The van der Waals surface area contributed by atoms with Gasteiger partial charge in [0.1, 0.15) is 5.69 Å². The number of hydrogen-bond acceptors (Lipinski definition) is 1. The molecule has 1 heterocycles. The molecule has 0 saturated carbocycles. The van der Waals surface area contributed by atoms with Gasteiger partial charge in [-0.15, -0.1) is 0 Å². The largest absolute Gasteiger partial charge is 0.477 e. The molecule has 2 aromatic rings. The molecule has 1 aromatic heterocycles. The van der Waals surface area contributed by atoms with E-state index in [1.807, 2.05) is 0 Å². The molecule has 0 bridgehead atoms. The highest BCUT2D eigenvalue weighted by Crippen LogP contribution is 2.37. The zero-order chi connectivity index (χ0) is 11.2. The number of benzene rings is 1. The molecular weight excluding hydrogens is 260 g/mol. The number of carboxylic acids is 1. The Labute approximate surface area is 99.6 Å². The van der Waals surface area contributed by atoms with E-state index < -0.39 is 5.97 Å². The zero-order valence-electron chi connectivity index (χ0n) is 7.14. The molecule has 1 aromatic carbocycles. The van der Waals surface area contributed by atoms with Gasteiger partial charge in [-0.3, -0.25) is 0 Å². The van der Waals surface area contributed by atoms with Gasteiger partial charge in [-0.05, 0) is 12.1 Å². The molecule has 6 heteroatoms. The third-order valence-electron chi connectivity index (χ3n) is 2.01. The van der Waals surface area contributed by atoms with Gasteiger partial charge < -0.3 is 10.1 Å². The molecule has 15 heavy (non-hydrogen) atoms. The predicted molar refractivity (Wildman–Crippen MR) is 60.3 cm³/mol. The smallest absolute Gasteiger partial charge is 0.353 e. The minimum atomic E-state index is -1.14. The van der Waals surface area contributed by atoms with Crippen molar-refractivity contribution >= 4 is 51.7 Å². The van der Waals surface area contributed by atoms with Gasteiger partial charge >= 0.3 is 5.97 Å². The summed E-state index contributed by atoms with van der Waals surface area (Å²) in [6.07, 6.45) is 0. The van der Waals surface area contributed by atoms with Crippen molar-refractivity contribution in [2.75, 3.05) is 0 Å². The summed E-state index contributed by atoms with van der Waals surface area (Å²) in [7, 11) is 0. The van der Waals surface area contributed by atoms with E-state index in [0.717, 1.165) is 0 Å². The molecule has 0 aliphatic carbocycles. The van der Waals surface area contributed by atoms with Crippen LogP contribution in [-0.2, 0) is 0 Å². The van der Waals surface area contributed by atoms with Gasteiger partial charge in [-0.1, -0.05) is 34.8 Å². The van der Waals surface area contributed by atoms with Gasteiger partial charge in [0.15, 0.2) is 0 Å². The van der Waals surface area contributed by atoms with Gasteiger partial charge in [0.25, 0.3) is 0 Å². The van der Waals surface area contributed by atoms with E-state index in [9.17, 15) is 4.79 Å². The molecule has 2 rings (SSSR count). The fourth-order valence-electron chi connectivity index (χ4n) is 1.33. The van der Waals surface area contributed by atoms with Crippen LogP contribution in [0.15, 0.2) is 12.1 Å². The Morgan fingerprint density at radius 3 is 2.47 bits per heavy atom. The number of halogens is 3. The summed E-state index contributed by atoms with van der Waals surface area (Å²) >= 11 is 17.6. The summed E-state index contributed by atoms with van der Waals surface area (Å²) in [5.41, 5.74) is 0.461. The lowest BCUT2D eigenvalue weighted by molar-refractivity contribution is 0.0692. The number of fused-ring (bicyclic) bond motifs is 1. The predicted octanol–water partition coefficient (Wildman–Crippen LogP) is 3.83. The lowest BCUT2D eigenvalue weighted by Gasteiger charge is -1.96. The quantitative estimate of drug-likeness (QED) is 0.822. The molecule has 0 unspecified atom stereocenters. The van der Waals surface area contributed by atoms with E-state index in [0.29, 0.717) is 15.9 Å². The highest BCUT2D eigenvalue weighted by Gasteiger charge is 2.18. The van der Waals surface area contributed by atoms with E-state index in [4.69, 9.17) is 39.9 Å². The Hall–Kier alpha value is -0.900. The topological polar surface area (TPSA) is 53.1 Å². The van der Waals surface area contributed by atoms with Crippen molar-refractivity contribution in [3.63, 3.8) is 0 Å². The van der Waals surface area contributed by atoms with Gasteiger partial charge in [-0.25, -0.2) is 4.79 Å². The van der Waals surface area contributed by atoms with Gasteiger partial charge in [0.2, 0.25) is 0 Å². The summed E-state index contributed by atoms with van der Waals surface area (Å²) in [5, 5.41) is 9.93. The number of nitrogens with one attached hydrogen (secondary N) is 1. The van der Waals surface area contributed by atoms with Crippen LogP contribution >= 0.6 is 34.8 Å². The molecule has 0 aliphatic rings. The Kier molecular flexibility index (Phi) is 2.54. The van der Waals surface area contributed by atoms with Crippen LogP contribution in [-0.4, -0.2) is 16.1 Å². The summed E-state index contributed by atoms with van der Waals surface area (Å²) in [6, 6.07) is 3.20. The first kappa shape index (κ1) is 10.6. The molecular formula is C9H4Cl3NO2. The Morgan fingerprint density at radius 2 is 1.87 bits per heavy atom. The minimum absolute atomic E-state index is 0.0741. The highest BCUT2D eigenvalue weighted by molar-refractivity contribution is 6.48. The Bertz CT molecular complexity index is 562. The van der Waals surface area contributed by atoms with E-state index >= 15 is 0 Å². The van der Waals surface area contributed by atoms with Gasteiger partial charge in [0, 0.05) is 10.9 Å². The lowest BCUT2D eigenvalue weighted by atomic mass is 10.2. The second kappa shape index (κ2) is 3.59. The van der Waals surface area contributed by atoms with Gasteiger partial charge in [-0.2, -0.15) is 0 Å². The van der Waals surface area contributed by atoms with Crippen LogP contribution in [0.4, 0.5) is 0 Å². The van der Waals surface area contributed by atoms with Gasteiger partial charge in [0.05, 0.1) is 15.1 Å². The summed E-state index contributed by atoms with van der Waals surface area (Å²) in [5.74, 6) is -1.14. The van der Waals surface area contributed by atoms with Crippen LogP contribution in [0.3, 0.4) is 0 Å². The number of H-pyrrole nitrogens is 1. The molecule has 78 valence electrons. The van der Waals surface area contributed by atoms with Crippen LogP contribution in [0, 0.1) is 0 Å². The van der Waals surface area contributed by atoms with Crippen LogP contribution in [0.1, 0.15) is 10.5 Å². The third kappa shape index (κ3) is 1.57. The van der Waals surface area contributed by atoms with Crippen LogP contribution < -0.4 is 0 Å². The molecule has 0 amide bonds. The number of carboxylic acid groups (broad SMARTS) is 1. The van der Waals surface area contributed by atoms with Crippen molar-refractivity contribution < 1.29 is 9.90 Å². The van der Waals surface area contributed by atoms with E-state index in [1.165, 1.54) is 0 Å². The maximum atomic E-state index is 10.8. The molecule has 0 spiro atoms. The maximum Gasteiger partial charge on any atom is 0.353 e. The Morgan fingerprint density at radius 1 is 1.20 bits per heavy atom. The Balaban J connectivity index is 2.89. The maximum absolute atomic E-state index is 10.8. The first-order valence-corrected chi connectivity index (χ1v) is 5.04. The van der Waals surface area contributed by atoms with Crippen molar-refractivity contribution in [2.45, 2.75) is 0 Å². The molecule has 0 atom stereocenters. The molecule has 0 radical (unpaired) electrons. The van der Waals surface area contributed by atoms with Crippen molar-refractivity contribution in [1.82, 2.24) is 4.98 Å². The van der Waals surface area contributed by atoms with Crippen molar-refractivity contribution in [3.05, 3.63) is 32.9 Å². The summed E-state index contributed by atoms with van der Waals surface area (Å²) < 4.78 is 0. The van der Waals surface area contributed by atoms with E-state index in [2.05, 4.69) is 4.98 Å². The first-order valence-electron chi connectivity index (χ1n) is 3.91. The van der Waals surface area contributed by atoms with E-state index in [-0.39, 0.29) is 15.7 Å². The van der Waals surface area contributed by atoms with Crippen molar-refractivity contribution in [1.29, 1.82) is 0 Å². The normalized spacial score (nSPS) is 10.9. The molecule has 0 saturated heterocycles. The second-order valence-corrected chi connectivity index (χ2v) is 4.07. The van der Waals surface area contributed by atoms with Crippen molar-refractivity contribution in [2.24, 2.45) is 0 Å². The van der Waals surface area contributed by atoms with Crippen LogP contribution in [0.2, 0.25) is 15.1 Å². The standard InChI is InChI=1S/C9H4Cl3NO2/c10-3-1-2-4-5(6(3)11)7(12)8(13-4)9(14)15/h1-2,13H,(H,14,15). The zero-order valence-corrected chi connectivity index (χ0v) is 9.41. The number of aromatic nitrogens is 1. The van der Waals surface area contributed by atoms with E-state index in [1.54, 1.807) is 12.1 Å². The van der Waals surface area contributed by atoms with Crippen LogP contribution in [0.5, 0.6) is 0 Å². The van der Waals surface area contributed by atoms with Crippen LogP contribution in [0.25, 0.3) is 10.9 Å². The molecule has 3 nitrogen and oxygen atoms in total. The SMILES string of the molecule is O=C(O)c1[nH]c2ccc(Cl)c(Cl)c2c1Cl. The monoisotopic (exact) mass is 263 g/mol.